The van der Waals surface area contributed by atoms with Crippen LogP contribution in [0.3, 0.4) is 0 Å². The monoisotopic (exact) mass is 396 g/mol. The van der Waals surface area contributed by atoms with Gasteiger partial charge in [-0.3, -0.25) is 0 Å². The molecule has 2 aromatic carbocycles. The van der Waals surface area contributed by atoms with Crippen molar-refractivity contribution in [2.24, 2.45) is 0 Å². The number of hydrogen-bond donors (Lipinski definition) is 0. The van der Waals surface area contributed by atoms with E-state index in [9.17, 15) is 0 Å². The lowest BCUT2D eigenvalue weighted by atomic mass is 10.0. The van der Waals surface area contributed by atoms with Crippen LogP contribution in [0.1, 0.15) is 77.7 Å². The van der Waals surface area contributed by atoms with E-state index in [0.717, 1.165) is 18.8 Å². The average molecular weight is 397 g/mol. The molecule has 0 aliphatic rings. The summed E-state index contributed by atoms with van der Waals surface area (Å²) in [6.45, 7) is 8.00. The number of ether oxygens (including phenoxy) is 2. The van der Waals surface area contributed by atoms with Crippen LogP contribution in [0, 0.1) is 0 Å². The molecule has 2 aromatic rings. The van der Waals surface area contributed by atoms with Crippen molar-refractivity contribution in [3.63, 3.8) is 0 Å². The predicted octanol–water partition coefficient (Wildman–Crippen LogP) is 7.84. The zero-order valence-corrected chi connectivity index (χ0v) is 18.8. The Labute approximate surface area is 178 Å². The van der Waals surface area contributed by atoms with E-state index >= 15 is 0 Å². The molecule has 0 aromatic heterocycles. The minimum absolute atomic E-state index is 0.126. The quantitative estimate of drug-likeness (QED) is 0.285. The first-order valence-electron chi connectivity index (χ1n) is 11.7. The van der Waals surface area contributed by atoms with Crippen LogP contribution < -0.4 is 4.74 Å². The molecule has 0 heterocycles. The summed E-state index contributed by atoms with van der Waals surface area (Å²) in [7, 11) is 0. The molecular formula is C27H40O2. The number of benzene rings is 2. The summed E-state index contributed by atoms with van der Waals surface area (Å²) in [6, 6.07) is 17.4. The van der Waals surface area contributed by atoms with E-state index in [-0.39, 0.29) is 6.10 Å². The molecule has 0 bridgehead atoms. The fourth-order valence-electron chi connectivity index (χ4n) is 3.44. The van der Waals surface area contributed by atoms with Crippen molar-refractivity contribution in [2.45, 2.75) is 84.7 Å². The number of unbranched alkanes of at least 4 members (excludes halogenated alkanes) is 6. The largest absolute Gasteiger partial charge is 0.491 e. The highest BCUT2D eigenvalue weighted by molar-refractivity contribution is 5.64. The van der Waals surface area contributed by atoms with E-state index in [1.807, 2.05) is 0 Å². The van der Waals surface area contributed by atoms with Crippen LogP contribution in [0.15, 0.2) is 48.5 Å². The lowest BCUT2D eigenvalue weighted by Crippen LogP contribution is -2.18. The van der Waals surface area contributed by atoms with Crippen molar-refractivity contribution in [1.82, 2.24) is 0 Å². The maximum Gasteiger partial charge on any atom is 0.119 e. The Kier molecular flexibility index (Phi) is 11.5. The molecule has 0 amide bonds. The van der Waals surface area contributed by atoms with Gasteiger partial charge in [0.2, 0.25) is 0 Å². The highest BCUT2D eigenvalue weighted by Crippen LogP contribution is 2.23. The average Bonchev–Trinajstić information content (AvgIpc) is 2.76. The Bertz CT molecular complexity index is 645. The van der Waals surface area contributed by atoms with Crippen molar-refractivity contribution in [3.8, 4) is 16.9 Å². The third kappa shape index (κ3) is 9.49. The summed E-state index contributed by atoms with van der Waals surface area (Å²) in [5.41, 5.74) is 3.93. The second-order valence-electron chi connectivity index (χ2n) is 8.09. The van der Waals surface area contributed by atoms with Crippen LogP contribution in [0.2, 0.25) is 0 Å². The van der Waals surface area contributed by atoms with Crippen molar-refractivity contribution in [2.75, 3.05) is 13.2 Å². The van der Waals surface area contributed by atoms with Crippen LogP contribution in [-0.4, -0.2) is 19.3 Å². The van der Waals surface area contributed by atoms with Gasteiger partial charge >= 0.3 is 0 Å². The van der Waals surface area contributed by atoms with E-state index in [4.69, 9.17) is 9.47 Å². The van der Waals surface area contributed by atoms with Gasteiger partial charge in [0, 0.05) is 6.61 Å². The molecular weight excluding hydrogens is 356 g/mol. The van der Waals surface area contributed by atoms with Crippen LogP contribution in [0.4, 0.5) is 0 Å². The van der Waals surface area contributed by atoms with Crippen LogP contribution >= 0.6 is 0 Å². The standard InChI is InChI=1S/C27H40O2/c1-4-6-8-10-12-24-13-15-25(16-14-24)26-17-19-27(20-18-26)29-22-23(3)28-21-11-9-7-5-2/h13-20,23H,4-12,21-22H2,1-3H3. The smallest absolute Gasteiger partial charge is 0.119 e. The third-order valence-electron chi connectivity index (χ3n) is 5.35. The van der Waals surface area contributed by atoms with Crippen LogP contribution in [0.5, 0.6) is 5.75 Å². The summed E-state index contributed by atoms with van der Waals surface area (Å²) < 4.78 is 11.7. The molecule has 1 unspecified atom stereocenters. The lowest BCUT2D eigenvalue weighted by molar-refractivity contribution is 0.0303. The zero-order valence-electron chi connectivity index (χ0n) is 18.8. The van der Waals surface area contributed by atoms with Crippen LogP contribution in [-0.2, 0) is 11.2 Å². The van der Waals surface area contributed by atoms with Gasteiger partial charge in [-0.2, -0.15) is 0 Å². The lowest BCUT2D eigenvalue weighted by Gasteiger charge is -2.14. The number of rotatable bonds is 15. The Hall–Kier alpha value is -1.80. The summed E-state index contributed by atoms with van der Waals surface area (Å²) >= 11 is 0. The van der Waals surface area contributed by atoms with Crippen molar-refractivity contribution in [1.29, 1.82) is 0 Å². The van der Waals surface area contributed by atoms with E-state index in [0.29, 0.717) is 6.61 Å². The molecule has 0 saturated carbocycles. The minimum atomic E-state index is 0.126. The number of hydrogen-bond acceptors (Lipinski definition) is 2. The fraction of sp³-hybridized carbons (Fsp3) is 0.556. The maximum atomic E-state index is 5.90. The maximum absolute atomic E-state index is 5.90. The Morgan fingerprint density at radius 1 is 0.690 bits per heavy atom. The first-order chi connectivity index (χ1) is 14.2. The van der Waals surface area contributed by atoms with Crippen molar-refractivity contribution < 1.29 is 9.47 Å². The Balaban J connectivity index is 1.73. The Morgan fingerprint density at radius 3 is 1.90 bits per heavy atom. The van der Waals surface area contributed by atoms with E-state index < -0.39 is 0 Å². The summed E-state index contributed by atoms with van der Waals surface area (Å²) in [5.74, 6) is 0.905. The SMILES string of the molecule is CCCCCCOC(C)COc1ccc(-c2ccc(CCCCCC)cc2)cc1. The van der Waals surface area contributed by atoms with E-state index in [1.54, 1.807) is 0 Å². The zero-order chi connectivity index (χ0) is 20.7. The molecule has 2 heteroatoms. The van der Waals surface area contributed by atoms with E-state index in [1.165, 1.54) is 68.1 Å². The van der Waals surface area contributed by atoms with Gasteiger partial charge in [-0.15, -0.1) is 0 Å². The van der Waals surface area contributed by atoms with Crippen LogP contribution in [0.25, 0.3) is 11.1 Å². The molecule has 0 spiro atoms. The molecule has 29 heavy (non-hydrogen) atoms. The highest BCUT2D eigenvalue weighted by atomic mass is 16.5. The summed E-state index contributed by atoms with van der Waals surface area (Å²) in [4.78, 5) is 0. The fourth-order valence-corrected chi connectivity index (χ4v) is 3.44. The molecule has 160 valence electrons. The molecule has 0 radical (unpaired) electrons. The Morgan fingerprint density at radius 2 is 1.28 bits per heavy atom. The van der Waals surface area contributed by atoms with Gasteiger partial charge in [0.1, 0.15) is 12.4 Å². The van der Waals surface area contributed by atoms with E-state index in [2.05, 4.69) is 69.3 Å². The van der Waals surface area contributed by atoms with Crippen molar-refractivity contribution in [3.05, 3.63) is 54.1 Å². The summed E-state index contributed by atoms with van der Waals surface area (Å²) in [6.07, 6.45) is 11.5. The van der Waals surface area contributed by atoms with Gasteiger partial charge < -0.3 is 9.47 Å². The molecule has 0 fully saturated rings. The normalized spacial score (nSPS) is 12.1. The third-order valence-corrected chi connectivity index (χ3v) is 5.35. The second kappa shape index (κ2) is 14.2. The molecule has 2 nitrogen and oxygen atoms in total. The molecule has 2 rings (SSSR count). The first kappa shape index (κ1) is 23.5. The molecule has 0 N–H and O–H groups in total. The van der Waals surface area contributed by atoms with Gasteiger partial charge in [-0.25, -0.2) is 0 Å². The first-order valence-corrected chi connectivity index (χ1v) is 11.7. The summed E-state index contributed by atoms with van der Waals surface area (Å²) in [5, 5.41) is 0. The van der Waals surface area contributed by atoms with Gasteiger partial charge in [-0.1, -0.05) is 88.8 Å². The molecule has 0 saturated heterocycles. The minimum Gasteiger partial charge on any atom is -0.491 e. The topological polar surface area (TPSA) is 18.5 Å². The molecule has 0 aliphatic carbocycles. The second-order valence-corrected chi connectivity index (χ2v) is 8.09. The highest BCUT2D eigenvalue weighted by Gasteiger charge is 2.05. The van der Waals surface area contributed by atoms with Gasteiger partial charge in [0.05, 0.1) is 6.10 Å². The van der Waals surface area contributed by atoms with Gasteiger partial charge in [-0.05, 0) is 55.0 Å². The number of aryl methyl sites for hydroxylation is 1. The van der Waals surface area contributed by atoms with Gasteiger partial charge in [0.15, 0.2) is 0 Å². The molecule has 0 aliphatic heterocycles. The predicted molar refractivity (Wildman–Crippen MR) is 125 cm³/mol. The molecule has 1 atom stereocenters. The van der Waals surface area contributed by atoms with Gasteiger partial charge in [0.25, 0.3) is 0 Å². The van der Waals surface area contributed by atoms with Crippen molar-refractivity contribution >= 4 is 0 Å².